The van der Waals surface area contributed by atoms with Gasteiger partial charge in [0.25, 0.3) is 0 Å². The maximum atomic E-state index is 9.85. The first-order valence-electron chi connectivity index (χ1n) is 6.63. The van der Waals surface area contributed by atoms with Gasteiger partial charge in [0, 0.05) is 11.5 Å². The molecule has 0 amide bonds. The van der Waals surface area contributed by atoms with Gasteiger partial charge in [-0.15, -0.1) is 0 Å². The highest BCUT2D eigenvalue weighted by Gasteiger charge is 2.12. The average Bonchev–Trinajstić information content (AvgIpc) is 2.44. The lowest BCUT2D eigenvalue weighted by Gasteiger charge is -2.15. The van der Waals surface area contributed by atoms with E-state index in [1.807, 2.05) is 0 Å². The van der Waals surface area contributed by atoms with Crippen molar-refractivity contribution in [2.75, 3.05) is 11.5 Å². The second-order valence-electron chi connectivity index (χ2n) is 4.61. The molecule has 3 nitrogen and oxygen atoms in total. The van der Waals surface area contributed by atoms with E-state index >= 15 is 0 Å². The third-order valence-electron chi connectivity index (χ3n) is 2.91. The van der Waals surface area contributed by atoms with E-state index in [1.54, 1.807) is 60.9 Å². The van der Waals surface area contributed by atoms with Crippen LogP contribution in [0.5, 0.6) is 0 Å². The van der Waals surface area contributed by atoms with E-state index in [-0.39, 0.29) is 12.2 Å². The molecule has 0 aromatic heterocycles. The van der Waals surface area contributed by atoms with Gasteiger partial charge in [0.05, 0.1) is 18.3 Å². The average molecular weight is 395 g/mol. The SMILES string of the molecule is OC1CCSSSSSSCCC(O)CCC(O)CC1. The summed E-state index contributed by atoms with van der Waals surface area (Å²) in [5.74, 6) is 1.87. The van der Waals surface area contributed by atoms with Crippen LogP contribution in [0.25, 0.3) is 0 Å². The smallest absolute Gasteiger partial charge is 0.0549 e. The molecule has 9 heteroatoms. The summed E-state index contributed by atoms with van der Waals surface area (Å²) in [6.45, 7) is 0. The zero-order chi connectivity index (χ0) is 14.6. The van der Waals surface area contributed by atoms with Crippen molar-refractivity contribution < 1.29 is 15.3 Å². The lowest BCUT2D eigenvalue weighted by atomic mass is 10.0. The molecule has 120 valence electrons. The van der Waals surface area contributed by atoms with E-state index in [9.17, 15) is 15.3 Å². The molecule has 3 N–H and O–H groups in total. The molecule has 0 spiro atoms. The van der Waals surface area contributed by atoms with Crippen molar-refractivity contribution in [2.45, 2.75) is 56.8 Å². The first-order chi connectivity index (χ1) is 9.68. The summed E-state index contributed by atoms with van der Waals surface area (Å²) in [4.78, 5) is 0. The van der Waals surface area contributed by atoms with Crippen LogP contribution in [0.2, 0.25) is 0 Å². The molecule has 0 bridgehead atoms. The largest absolute Gasteiger partial charge is 0.393 e. The highest BCUT2D eigenvalue weighted by molar-refractivity contribution is 9.41. The molecule has 1 fully saturated rings. The summed E-state index contributed by atoms with van der Waals surface area (Å²) in [7, 11) is 10.5. The van der Waals surface area contributed by atoms with E-state index in [2.05, 4.69) is 0 Å². The van der Waals surface area contributed by atoms with Crippen LogP contribution < -0.4 is 0 Å². The number of aliphatic hydroxyl groups is 3. The minimum atomic E-state index is -0.398. The fourth-order valence-electron chi connectivity index (χ4n) is 1.70. The molecule has 1 heterocycles. The Morgan fingerprint density at radius 1 is 0.500 bits per heavy atom. The highest BCUT2D eigenvalue weighted by Crippen LogP contribution is 2.52. The predicted molar refractivity (Wildman–Crippen MR) is 101 cm³/mol. The van der Waals surface area contributed by atoms with Gasteiger partial charge >= 0.3 is 0 Å². The van der Waals surface area contributed by atoms with Crippen molar-refractivity contribution in [2.24, 2.45) is 0 Å². The first kappa shape index (κ1) is 20.0. The second-order valence-corrected chi connectivity index (χ2v) is 14.4. The summed E-state index contributed by atoms with van der Waals surface area (Å²) in [6, 6.07) is 0. The van der Waals surface area contributed by atoms with Crippen LogP contribution in [0.4, 0.5) is 0 Å². The summed E-state index contributed by atoms with van der Waals surface area (Å²) < 4.78 is 0. The summed E-state index contributed by atoms with van der Waals surface area (Å²) in [5.41, 5.74) is 0. The van der Waals surface area contributed by atoms with E-state index in [4.69, 9.17) is 0 Å². The fourth-order valence-corrected chi connectivity index (χ4v) is 13.4. The third-order valence-corrected chi connectivity index (χ3v) is 13.9. The van der Waals surface area contributed by atoms with Gasteiger partial charge in [-0.1, -0.05) is 21.6 Å². The number of aliphatic hydroxyl groups excluding tert-OH is 3. The van der Waals surface area contributed by atoms with Crippen LogP contribution in [-0.4, -0.2) is 45.1 Å². The summed E-state index contributed by atoms with van der Waals surface area (Å²) >= 11 is 0. The van der Waals surface area contributed by atoms with Gasteiger partial charge in [-0.3, -0.25) is 0 Å². The maximum Gasteiger partial charge on any atom is 0.0549 e. The van der Waals surface area contributed by atoms with Crippen molar-refractivity contribution in [1.82, 2.24) is 0 Å². The zero-order valence-corrected chi connectivity index (χ0v) is 16.1. The van der Waals surface area contributed by atoms with Crippen LogP contribution in [-0.2, 0) is 0 Å². The molecule has 2 atom stereocenters. The van der Waals surface area contributed by atoms with Crippen molar-refractivity contribution in [3.05, 3.63) is 0 Å². The van der Waals surface area contributed by atoms with Gasteiger partial charge in [-0.2, -0.15) is 0 Å². The standard InChI is InChI=1S/C11H22O3S6/c12-9-1-3-10(13)5-7-15-17-19-20-18-16-8-6-11(14)4-2-9/h9-14H,1-8H2. The quantitative estimate of drug-likeness (QED) is 0.519. The fraction of sp³-hybridized carbons (Fsp3) is 1.00. The van der Waals surface area contributed by atoms with Crippen molar-refractivity contribution >= 4 is 60.9 Å². The molecule has 1 rings (SSSR count). The van der Waals surface area contributed by atoms with Crippen LogP contribution in [0.15, 0.2) is 0 Å². The van der Waals surface area contributed by atoms with Gasteiger partial charge in [0.2, 0.25) is 0 Å². The van der Waals surface area contributed by atoms with Gasteiger partial charge in [-0.25, -0.2) is 0 Å². The van der Waals surface area contributed by atoms with E-state index in [1.165, 1.54) is 0 Å². The van der Waals surface area contributed by atoms with Crippen LogP contribution in [0.1, 0.15) is 38.5 Å². The Labute approximate surface area is 144 Å². The van der Waals surface area contributed by atoms with E-state index in [0.717, 1.165) is 24.3 Å². The van der Waals surface area contributed by atoms with Crippen molar-refractivity contribution in [3.63, 3.8) is 0 Å². The zero-order valence-electron chi connectivity index (χ0n) is 11.2. The number of hydrogen-bond acceptors (Lipinski definition) is 9. The molecule has 0 saturated carbocycles. The molecule has 2 unspecified atom stereocenters. The Morgan fingerprint density at radius 2 is 0.850 bits per heavy atom. The molecular weight excluding hydrogens is 373 g/mol. The lowest BCUT2D eigenvalue weighted by Crippen LogP contribution is -2.16. The molecule has 1 aliphatic rings. The first-order valence-corrected chi connectivity index (χ1v) is 14.5. The molecule has 0 aromatic rings. The van der Waals surface area contributed by atoms with E-state index in [0.29, 0.717) is 25.7 Å². The Balaban J connectivity index is 2.27. The molecule has 1 saturated heterocycles. The van der Waals surface area contributed by atoms with Gasteiger partial charge in [0.1, 0.15) is 0 Å². The van der Waals surface area contributed by atoms with E-state index < -0.39 is 6.10 Å². The minimum Gasteiger partial charge on any atom is -0.393 e. The Kier molecular flexibility index (Phi) is 13.4. The van der Waals surface area contributed by atoms with Crippen molar-refractivity contribution in [3.8, 4) is 0 Å². The maximum absolute atomic E-state index is 9.85. The molecule has 20 heavy (non-hydrogen) atoms. The second kappa shape index (κ2) is 13.4. The Bertz CT molecular complexity index is 214. The van der Waals surface area contributed by atoms with Crippen LogP contribution >= 0.6 is 60.9 Å². The van der Waals surface area contributed by atoms with Crippen molar-refractivity contribution in [1.29, 1.82) is 0 Å². The number of rotatable bonds is 0. The lowest BCUT2D eigenvalue weighted by molar-refractivity contribution is 0.0871. The van der Waals surface area contributed by atoms with Gasteiger partial charge in [0.15, 0.2) is 0 Å². The van der Waals surface area contributed by atoms with Crippen LogP contribution in [0.3, 0.4) is 0 Å². The summed E-state index contributed by atoms with van der Waals surface area (Å²) in [6.07, 6.45) is 3.07. The highest BCUT2D eigenvalue weighted by atomic mass is 33.9. The monoisotopic (exact) mass is 394 g/mol. The van der Waals surface area contributed by atoms with Gasteiger partial charge in [-0.05, 0) is 77.8 Å². The Morgan fingerprint density at radius 3 is 1.25 bits per heavy atom. The number of hydrogen-bond donors (Lipinski definition) is 3. The summed E-state index contributed by atoms with van der Waals surface area (Å²) in [5, 5.41) is 29.5. The van der Waals surface area contributed by atoms with Gasteiger partial charge < -0.3 is 15.3 Å². The molecule has 0 aromatic carbocycles. The van der Waals surface area contributed by atoms with Crippen LogP contribution in [0, 0.1) is 0 Å². The predicted octanol–water partition coefficient (Wildman–Crippen LogP) is 4.40. The minimum absolute atomic E-state index is 0.319. The topological polar surface area (TPSA) is 60.7 Å². The normalized spacial score (nSPS) is 33.5. The molecule has 1 aliphatic heterocycles. The molecular formula is C11H22O3S6. The molecule has 0 radical (unpaired) electrons. The molecule has 0 aliphatic carbocycles. The Hall–Kier alpha value is 1.98. The third kappa shape index (κ3) is 11.5.